The van der Waals surface area contributed by atoms with Crippen LogP contribution in [-0.2, 0) is 14.3 Å². The number of fused-ring (bicyclic) bond motifs is 3. The molecule has 0 spiro atoms. The van der Waals surface area contributed by atoms with Gasteiger partial charge in [0.2, 0.25) is 5.91 Å². The maximum atomic E-state index is 12.9. The van der Waals surface area contributed by atoms with E-state index in [9.17, 15) is 19.5 Å². The van der Waals surface area contributed by atoms with Crippen LogP contribution in [-0.4, -0.2) is 41.8 Å². The Hall–Kier alpha value is -3.35. The van der Waals surface area contributed by atoms with Crippen molar-refractivity contribution in [2.45, 2.75) is 57.5 Å². The van der Waals surface area contributed by atoms with Crippen LogP contribution in [0, 0.1) is 11.8 Å². The van der Waals surface area contributed by atoms with E-state index in [1.165, 1.54) is 0 Å². The molecule has 4 rings (SSSR count). The van der Waals surface area contributed by atoms with Gasteiger partial charge < -0.3 is 20.5 Å². The second kappa shape index (κ2) is 10.3. The van der Waals surface area contributed by atoms with Gasteiger partial charge in [0.25, 0.3) is 0 Å². The zero-order chi connectivity index (χ0) is 24.2. The minimum absolute atomic E-state index is 0.0361. The highest BCUT2D eigenvalue weighted by molar-refractivity contribution is 5.86. The molecule has 0 bridgehead atoms. The summed E-state index contributed by atoms with van der Waals surface area (Å²) in [5, 5.41) is 15.0. The van der Waals surface area contributed by atoms with E-state index in [2.05, 4.69) is 34.9 Å². The van der Waals surface area contributed by atoms with Gasteiger partial charge in [-0.2, -0.15) is 0 Å². The molecule has 0 aliphatic heterocycles. The molecule has 1 fully saturated rings. The number of benzene rings is 2. The van der Waals surface area contributed by atoms with Crippen molar-refractivity contribution in [1.82, 2.24) is 10.6 Å². The lowest BCUT2D eigenvalue weighted by molar-refractivity contribution is -0.144. The van der Waals surface area contributed by atoms with E-state index in [4.69, 9.17) is 4.74 Å². The van der Waals surface area contributed by atoms with Crippen molar-refractivity contribution in [2.75, 3.05) is 6.61 Å². The number of ether oxygens (including phenoxy) is 1. The van der Waals surface area contributed by atoms with Crippen molar-refractivity contribution in [1.29, 1.82) is 0 Å². The van der Waals surface area contributed by atoms with Crippen molar-refractivity contribution in [3.05, 3.63) is 59.7 Å². The van der Waals surface area contributed by atoms with Gasteiger partial charge in [0.1, 0.15) is 12.6 Å². The first-order valence-corrected chi connectivity index (χ1v) is 12.0. The summed E-state index contributed by atoms with van der Waals surface area (Å²) >= 11 is 0. The number of carboxylic acid groups (broad SMARTS) is 1. The Labute approximate surface area is 199 Å². The summed E-state index contributed by atoms with van der Waals surface area (Å²) in [6.45, 7) is 3.72. The summed E-state index contributed by atoms with van der Waals surface area (Å²) in [5.74, 6) is -2.13. The Balaban J connectivity index is 1.39. The molecular formula is C27H32N2O5. The molecule has 1 saturated carbocycles. The summed E-state index contributed by atoms with van der Waals surface area (Å²) in [4.78, 5) is 37.1. The van der Waals surface area contributed by atoms with Crippen molar-refractivity contribution in [2.24, 2.45) is 11.8 Å². The monoisotopic (exact) mass is 464 g/mol. The molecule has 7 nitrogen and oxygen atoms in total. The van der Waals surface area contributed by atoms with Crippen molar-refractivity contribution in [3.63, 3.8) is 0 Å². The van der Waals surface area contributed by atoms with Gasteiger partial charge in [-0.15, -0.1) is 0 Å². The van der Waals surface area contributed by atoms with E-state index in [1.54, 1.807) is 13.8 Å². The summed E-state index contributed by atoms with van der Waals surface area (Å²) < 4.78 is 5.65. The normalized spacial score (nSPS) is 20.2. The quantitative estimate of drug-likeness (QED) is 0.566. The Morgan fingerprint density at radius 2 is 1.56 bits per heavy atom. The van der Waals surface area contributed by atoms with Gasteiger partial charge in [-0.25, -0.2) is 9.59 Å². The van der Waals surface area contributed by atoms with E-state index >= 15 is 0 Å². The van der Waals surface area contributed by atoms with Gasteiger partial charge in [-0.1, -0.05) is 75.2 Å². The average Bonchev–Trinajstić information content (AvgIpc) is 3.14. The summed E-state index contributed by atoms with van der Waals surface area (Å²) in [5.41, 5.74) is 4.60. The Morgan fingerprint density at radius 3 is 2.15 bits per heavy atom. The smallest absolute Gasteiger partial charge is 0.407 e. The predicted molar refractivity (Wildman–Crippen MR) is 128 cm³/mol. The SMILES string of the molecule is CC(C)[C@H](NC(=O)[C@@H]1CCCC[C@@H]1NC(=O)OCC1c2ccccc2-c2ccccc21)C(=O)O. The van der Waals surface area contributed by atoms with Crippen molar-refractivity contribution in [3.8, 4) is 11.1 Å². The zero-order valence-corrected chi connectivity index (χ0v) is 19.6. The minimum Gasteiger partial charge on any atom is -0.480 e. The molecule has 0 aromatic heterocycles. The molecule has 7 heteroatoms. The number of aliphatic carboxylic acids is 1. The second-order valence-corrected chi connectivity index (χ2v) is 9.54. The third kappa shape index (κ3) is 4.93. The van der Waals surface area contributed by atoms with Gasteiger partial charge >= 0.3 is 12.1 Å². The number of amides is 2. The van der Waals surface area contributed by atoms with Crippen LogP contribution in [0.5, 0.6) is 0 Å². The molecule has 3 N–H and O–H groups in total. The molecule has 34 heavy (non-hydrogen) atoms. The van der Waals surface area contributed by atoms with E-state index < -0.39 is 24.0 Å². The van der Waals surface area contributed by atoms with Crippen LogP contribution < -0.4 is 10.6 Å². The number of alkyl carbamates (subject to hydrolysis) is 1. The molecule has 2 aliphatic rings. The Morgan fingerprint density at radius 1 is 0.971 bits per heavy atom. The highest BCUT2D eigenvalue weighted by atomic mass is 16.5. The standard InChI is InChI=1S/C27H32N2O5/c1-16(2)24(26(31)32)29-25(30)21-13-7-8-14-23(21)28-27(33)34-15-22-19-11-5-3-9-17(19)18-10-4-6-12-20(18)22/h3-6,9-12,16,21-24H,7-8,13-15H2,1-2H3,(H,28,33)(H,29,30)(H,31,32)/t21-,23+,24+/m1/s1. The third-order valence-corrected chi connectivity index (χ3v) is 6.98. The number of hydrogen-bond donors (Lipinski definition) is 3. The van der Waals surface area contributed by atoms with E-state index in [0.29, 0.717) is 12.8 Å². The molecule has 0 saturated heterocycles. The molecule has 2 aliphatic carbocycles. The Kier molecular flexibility index (Phi) is 7.20. The average molecular weight is 465 g/mol. The third-order valence-electron chi connectivity index (χ3n) is 6.98. The number of carbonyl (C=O) groups is 3. The topological polar surface area (TPSA) is 105 Å². The summed E-state index contributed by atoms with van der Waals surface area (Å²) in [7, 11) is 0. The fraction of sp³-hybridized carbons (Fsp3) is 0.444. The number of rotatable bonds is 7. The van der Waals surface area contributed by atoms with E-state index in [0.717, 1.165) is 35.1 Å². The number of carbonyl (C=O) groups excluding carboxylic acids is 2. The van der Waals surface area contributed by atoms with Crippen molar-refractivity contribution >= 4 is 18.0 Å². The molecule has 180 valence electrons. The molecule has 0 unspecified atom stereocenters. The first-order chi connectivity index (χ1) is 16.4. The molecule has 3 atom stereocenters. The van der Waals surface area contributed by atoms with Crippen molar-refractivity contribution < 1.29 is 24.2 Å². The fourth-order valence-corrected chi connectivity index (χ4v) is 5.18. The van der Waals surface area contributed by atoms with Crippen LogP contribution in [0.3, 0.4) is 0 Å². The summed E-state index contributed by atoms with van der Waals surface area (Å²) in [6.07, 6.45) is 2.46. The van der Waals surface area contributed by atoms with Gasteiger partial charge in [0.15, 0.2) is 0 Å². The lowest BCUT2D eigenvalue weighted by Crippen LogP contribution is -2.53. The van der Waals surface area contributed by atoms with Crippen LogP contribution >= 0.6 is 0 Å². The van der Waals surface area contributed by atoms with Gasteiger partial charge in [0.05, 0.1) is 5.92 Å². The van der Waals surface area contributed by atoms with Crippen LogP contribution in [0.1, 0.15) is 56.6 Å². The minimum atomic E-state index is -1.06. The zero-order valence-electron chi connectivity index (χ0n) is 19.6. The highest BCUT2D eigenvalue weighted by Crippen LogP contribution is 2.44. The predicted octanol–water partition coefficient (Wildman–Crippen LogP) is 4.31. The van der Waals surface area contributed by atoms with E-state index in [-0.39, 0.29) is 30.4 Å². The maximum absolute atomic E-state index is 12.9. The maximum Gasteiger partial charge on any atom is 0.407 e. The number of hydrogen-bond acceptors (Lipinski definition) is 4. The van der Waals surface area contributed by atoms with Crippen LogP contribution in [0.25, 0.3) is 11.1 Å². The molecule has 0 heterocycles. The lowest BCUT2D eigenvalue weighted by atomic mass is 9.83. The number of carboxylic acids is 1. The van der Waals surface area contributed by atoms with Crippen LogP contribution in [0.15, 0.2) is 48.5 Å². The van der Waals surface area contributed by atoms with Gasteiger partial charge in [0, 0.05) is 12.0 Å². The fourth-order valence-electron chi connectivity index (χ4n) is 5.18. The summed E-state index contributed by atoms with van der Waals surface area (Å²) in [6, 6.07) is 15.0. The highest BCUT2D eigenvalue weighted by Gasteiger charge is 2.35. The second-order valence-electron chi connectivity index (χ2n) is 9.54. The molecular weight excluding hydrogens is 432 g/mol. The molecule has 2 aromatic rings. The van der Waals surface area contributed by atoms with E-state index in [1.807, 2.05) is 24.3 Å². The van der Waals surface area contributed by atoms with Crippen LogP contribution in [0.2, 0.25) is 0 Å². The molecule has 2 aromatic carbocycles. The van der Waals surface area contributed by atoms with Crippen LogP contribution in [0.4, 0.5) is 4.79 Å². The first-order valence-electron chi connectivity index (χ1n) is 12.0. The molecule has 2 amide bonds. The molecule has 0 radical (unpaired) electrons. The first kappa shape index (κ1) is 23.8. The number of nitrogens with one attached hydrogen (secondary N) is 2. The lowest BCUT2D eigenvalue weighted by Gasteiger charge is -2.32. The largest absolute Gasteiger partial charge is 0.480 e. The van der Waals surface area contributed by atoms with Gasteiger partial charge in [-0.3, -0.25) is 4.79 Å². The van der Waals surface area contributed by atoms with Gasteiger partial charge in [-0.05, 0) is 41.0 Å². The Bertz CT molecular complexity index is 1020.